The number of carbonyl (C=O) groups excluding carboxylic acids is 1. The van der Waals surface area contributed by atoms with Gasteiger partial charge in [0.15, 0.2) is 16.5 Å². The molecule has 6 nitrogen and oxygen atoms in total. The number of aromatic nitrogens is 1. The quantitative estimate of drug-likeness (QED) is 0.718. The van der Waals surface area contributed by atoms with E-state index in [0.717, 1.165) is 0 Å². The number of nitrogens with one attached hydrogen (secondary N) is 1. The Kier molecular flexibility index (Phi) is 2.67. The number of aliphatic hydroxyl groups excluding tert-OH is 1. The highest BCUT2D eigenvalue weighted by Crippen LogP contribution is 2.25. The standard InChI is InChI=1S/C9H6ClNO5/c10-5-6(9(14)16-8(5)13)15-4-2-1-3-11-7(4)12/h1-3,9,14H,(H,11,12). The first-order valence-electron chi connectivity index (χ1n) is 4.24. The highest BCUT2D eigenvalue weighted by atomic mass is 35.5. The van der Waals surface area contributed by atoms with Gasteiger partial charge < -0.3 is 19.6 Å². The number of esters is 1. The van der Waals surface area contributed by atoms with E-state index in [1.165, 1.54) is 18.3 Å². The smallest absolute Gasteiger partial charge is 0.356 e. The van der Waals surface area contributed by atoms with E-state index in [1.54, 1.807) is 0 Å². The minimum Gasteiger partial charge on any atom is -0.447 e. The molecule has 16 heavy (non-hydrogen) atoms. The molecule has 2 rings (SSSR count). The zero-order chi connectivity index (χ0) is 11.7. The van der Waals surface area contributed by atoms with Gasteiger partial charge in [0.25, 0.3) is 11.8 Å². The van der Waals surface area contributed by atoms with Gasteiger partial charge in [0, 0.05) is 6.20 Å². The summed E-state index contributed by atoms with van der Waals surface area (Å²) in [6, 6.07) is 2.89. The first-order chi connectivity index (χ1) is 7.59. The maximum absolute atomic E-state index is 11.2. The van der Waals surface area contributed by atoms with Crippen LogP contribution in [0.4, 0.5) is 0 Å². The highest BCUT2D eigenvalue weighted by molar-refractivity contribution is 6.42. The molecule has 0 saturated carbocycles. The SMILES string of the molecule is O=C1OC(O)C(Oc2ccc[nH]c2=O)=C1Cl. The minimum atomic E-state index is -1.58. The van der Waals surface area contributed by atoms with Gasteiger partial charge in [-0.3, -0.25) is 4.79 Å². The molecule has 1 aliphatic rings. The Bertz CT molecular complexity index is 521. The Morgan fingerprint density at radius 2 is 2.25 bits per heavy atom. The van der Waals surface area contributed by atoms with E-state index in [9.17, 15) is 14.7 Å². The summed E-state index contributed by atoms with van der Waals surface area (Å²) < 4.78 is 9.38. The fraction of sp³-hybridized carbons (Fsp3) is 0.111. The molecular weight excluding hydrogens is 238 g/mol. The summed E-state index contributed by atoms with van der Waals surface area (Å²) >= 11 is 5.53. The van der Waals surface area contributed by atoms with Gasteiger partial charge in [-0.2, -0.15) is 0 Å². The Morgan fingerprint density at radius 1 is 1.50 bits per heavy atom. The second kappa shape index (κ2) is 3.99. The lowest BCUT2D eigenvalue weighted by Crippen LogP contribution is -2.17. The third-order valence-electron chi connectivity index (χ3n) is 1.84. The van der Waals surface area contributed by atoms with Crippen molar-refractivity contribution in [3.05, 3.63) is 39.5 Å². The second-order valence-electron chi connectivity index (χ2n) is 2.90. The Labute approximate surface area is 94.1 Å². The monoisotopic (exact) mass is 243 g/mol. The zero-order valence-corrected chi connectivity index (χ0v) is 8.52. The number of halogens is 1. The third kappa shape index (κ3) is 1.80. The van der Waals surface area contributed by atoms with Crippen molar-refractivity contribution in [2.24, 2.45) is 0 Å². The van der Waals surface area contributed by atoms with Crippen LogP contribution >= 0.6 is 11.6 Å². The molecule has 7 heteroatoms. The molecule has 2 heterocycles. The van der Waals surface area contributed by atoms with Crippen LogP contribution in [0.2, 0.25) is 0 Å². The summed E-state index contributed by atoms with van der Waals surface area (Å²) in [5.41, 5.74) is -0.508. The number of ether oxygens (including phenoxy) is 2. The maximum atomic E-state index is 11.2. The molecule has 0 fully saturated rings. The van der Waals surface area contributed by atoms with Crippen molar-refractivity contribution in [2.75, 3.05) is 0 Å². The number of aromatic amines is 1. The molecule has 1 unspecified atom stereocenters. The lowest BCUT2D eigenvalue weighted by Gasteiger charge is -2.07. The molecule has 0 aromatic carbocycles. The molecule has 84 valence electrons. The maximum Gasteiger partial charge on any atom is 0.356 e. The summed E-state index contributed by atoms with van der Waals surface area (Å²) in [4.78, 5) is 24.5. The predicted octanol–water partition coefficient (Wildman–Crippen LogP) is 0.0793. The van der Waals surface area contributed by atoms with Crippen molar-refractivity contribution >= 4 is 17.6 Å². The van der Waals surface area contributed by atoms with Crippen LogP contribution in [0.3, 0.4) is 0 Å². The van der Waals surface area contributed by atoms with Crippen LogP contribution in [0.15, 0.2) is 33.9 Å². The molecule has 1 atom stereocenters. The van der Waals surface area contributed by atoms with E-state index >= 15 is 0 Å². The van der Waals surface area contributed by atoms with Crippen molar-refractivity contribution in [1.29, 1.82) is 0 Å². The lowest BCUT2D eigenvalue weighted by atomic mass is 10.4. The number of rotatable bonds is 2. The normalized spacial score (nSPS) is 19.9. The fourth-order valence-corrected chi connectivity index (χ4v) is 1.29. The molecule has 2 N–H and O–H groups in total. The summed E-state index contributed by atoms with van der Waals surface area (Å²) in [6.07, 6.45) is -0.169. The van der Waals surface area contributed by atoms with Crippen molar-refractivity contribution in [3.8, 4) is 5.75 Å². The van der Waals surface area contributed by atoms with E-state index in [4.69, 9.17) is 16.3 Å². The first kappa shape index (κ1) is 10.7. The van der Waals surface area contributed by atoms with Gasteiger partial charge >= 0.3 is 5.97 Å². The number of cyclic esters (lactones) is 1. The van der Waals surface area contributed by atoms with Crippen LogP contribution in [-0.4, -0.2) is 22.3 Å². The van der Waals surface area contributed by atoms with Crippen LogP contribution in [0.5, 0.6) is 5.75 Å². The Morgan fingerprint density at radius 3 is 2.81 bits per heavy atom. The van der Waals surface area contributed by atoms with E-state index in [0.29, 0.717) is 0 Å². The van der Waals surface area contributed by atoms with Crippen LogP contribution < -0.4 is 10.3 Å². The number of H-pyrrole nitrogens is 1. The summed E-state index contributed by atoms with van der Waals surface area (Å²) in [5, 5.41) is 8.88. The summed E-state index contributed by atoms with van der Waals surface area (Å²) in [5.74, 6) is -1.27. The molecule has 1 aromatic heterocycles. The van der Waals surface area contributed by atoms with E-state index < -0.39 is 17.8 Å². The summed E-state index contributed by atoms with van der Waals surface area (Å²) in [6.45, 7) is 0. The number of aliphatic hydroxyl groups is 1. The topological polar surface area (TPSA) is 88.6 Å². The largest absolute Gasteiger partial charge is 0.447 e. The van der Waals surface area contributed by atoms with Crippen molar-refractivity contribution in [2.45, 2.75) is 6.29 Å². The summed E-state index contributed by atoms with van der Waals surface area (Å²) in [7, 11) is 0. The molecule has 0 aliphatic carbocycles. The second-order valence-corrected chi connectivity index (χ2v) is 3.28. The molecule has 1 aromatic rings. The number of hydrogen-bond acceptors (Lipinski definition) is 5. The average molecular weight is 244 g/mol. The van der Waals surface area contributed by atoms with E-state index in [2.05, 4.69) is 9.72 Å². The minimum absolute atomic E-state index is 0.0898. The number of pyridine rings is 1. The molecule has 0 radical (unpaired) electrons. The highest BCUT2D eigenvalue weighted by Gasteiger charge is 2.34. The molecule has 0 amide bonds. The predicted molar refractivity (Wildman–Crippen MR) is 52.7 cm³/mol. The van der Waals surface area contributed by atoms with E-state index in [-0.39, 0.29) is 16.5 Å². The van der Waals surface area contributed by atoms with Crippen LogP contribution in [0.25, 0.3) is 0 Å². The van der Waals surface area contributed by atoms with Crippen molar-refractivity contribution < 1.29 is 19.4 Å². The number of hydrogen-bond donors (Lipinski definition) is 2. The molecule has 0 saturated heterocycles. The zero-order valence-electron chi connectivity index (χ0n) is 7.77. The molecular formula is C9H6ClNO5. The number of carbonyl (C=O) groups is 1. The average Bonchev–Trinajstić information content (AvgIpc) is 2.48. The fourth-order valence-electron chi connectivity index (χ4n) is 1.12. The third-order valence-corrected chi connectivity index (χ3v) is 2.18. The Balaban J connectivity index is 2.33. The van der Waals surface area contributed by atoms with Gasteiger partial charge in [-0.25, -0.2) is 4.79 Å². The molecule has 1 aliphatic heterocycles. The molecule has 0 spiro atoms. The van der Waals surface area contributed by atoms with Crippen LogP contribution in [-0.2, 0) is 9.53 Å². The first-order valence-corrected chi connectivity index (χ1v) is 4.61. The van der Waals surface area contributed by atoms with Crippen LogP contribution in [0, 0.1) is 0 Å². The van der Waals surface area contributed by atoms with Gasteiger partial charge in [0.2, 0.25) is 0 Å². The Hall–Kier alpha value is -1.79. The van der Waals surface area contributed by atoms with Gasteiger partial charge in [-0.15, -0.1) is 0 Å². The van der Waals surface area contributed by atoms with Gasteiger partial charge in [-0.05, 0) is 12.1 Å². The van der Waals surface area contributed by atoms with Gasteiger partial charge in [0.05, 0.1) is 0 Å². The van der Waals surface area contributed by atoms with Gasteiger partial charge in [-0.1, -0.05) is 11.6 Å². The van der Waals surface area contributed by atoms with Crippen molar-refractivity contribution in [3.63, 3.8) is 0 Å². The van der Waals surface area contributed by atoms with Crippen molar-refractivity contribution in [1.82, 2.24) is 4.98 Å². The van der Waals surface area contributed by atoms with Gasteiger partial charge in [0.1, 0.15) is 0 Å². The van der Waals surface area contributed by atoms with E-state index in [1.807, 2.05) is 0 Å². The van der Waals surface area contributed by atoms with Crippen LogP contribution in [0.1, 0.15) is 0 Å². The lowest BCUT2D eigenvalue weighted by molar-refractivity contribution is -0.153. The molecule has 0 bridgehead atoms.